The van der Waals surface area contributed by atoms with Gasteiger partial charge in [0.25, 0.3) is 5.56 Å². The third-order valence-electron chi connectivity index (χ3n) is 2.43. The zero-order valence-corrected chi connectivity index (χ0v) is 9.74. The Morgan fingerprint density at radius 2 is 2.06 bits per heavy atom. The minimum atomic E-state index is -3.84. The van der Waals surface area contributed by atoms with Crippen LogP contribution in [0, 0.1) is 0 Å². The van der Waals surface area contributed by atoms with Gasteiger partial charge in [-0.25, -0.2) is 18.2 Å². The molecule has 17 heavy (non-hydrogen) atoms. The number of carboxylic acid groups (broad SMARTS) is 1. The van der Waals surface area contributed by atoms with E-state index in [0.717, 1.165) is 19.1 Å². The number of rotatable bonds is 3. The summed E-state index contributed by atoms with van der Waals surface area (Å²) < 4.78 is 22.9. The number of aromatic amines is 1. The number of nitrogens with zero attached hydrogens (tertiary/aromatic N) is 1. The van der Waals surface area contributed by atoms with Crippen molar-refractivity contribution in [2.45, 2.75) is 23.8 Å². The summed E-state index contributed by atoms with van der Waals surface area (Å²) in [4.78, 5) is 28.5. The maximum absolute atomic E-state index is 11.5. The van der Waals surface area contributed by atoms with E-state index in [1.54, 1.807) is 0 Å². The van der Waals surface area contributed by atoms with Gasteiger partial charge in [-0.2, -0.15) is 0 Å². The molecule has 0 bridgehead atoms. The van der Waals surface area contributed by atoms with Crippen LogP contribution < -0.4 is 5.56 Å². The summed E-state index contributed by atoms with van der Waals surface area (Å²) in [5, 5.41) is 8.17. The quantitative estimate of drug-likeness (QED) is 0.722. The fourth-order valence-corrected chi connectivity index (χ4v) is 2.29. The van der Waals surface area contributed by atoms with Gasteiger partial charge >= 0.3 is 5.97 Å². The zero-order valence-electron chi connectivity index (χ0n) is 8.93. The lowest BCUT2D eigenvalue weighted by Crippen LogP contribution is -2.25. The van der Waals surface area contributed by atoms with Gasteiger partial charge in [-0.3, -0.25) is 4.79 Å². The van der Waals surface area contributed by atoms with Gasteiger partial charge in [0.2, 0.25) is 0 Å². The molecule has 0 spiro atoms. The molecular formula is C9H10N2O5S. The van der Waals surface area contributed by atoms with Gasteiger partial charge in [-0.15, -0.1) is 0 Å². The number of aromatic carboxylic acids is 1. The lowest BCUT2D eigenvalue weighted by atomic mass is 10.3. The van der Waals surface area contributed by atoms with Crippen LogP contribution in [-0.4, -0.2) is 35.7 Å². The van der Waals surface area contributed by atoms with Gasteiger partial charge in [0.05, 0.1) is 0 Å². The molecule has 0 atom stereocenters. The summed E-state index contributed by atoms with van der Waals surface area (Å²) in [6, 6.07) is 0. The minimum Gasteiger partial charge on any atom is -0.477 e. The van der Waals surface area contributed by atoms with Crippen LogP contribution in [0.15, 0.2) is 9.82 Å². The van der Waals surface area contributed by atoms with Crippen molar-refractivity contribution in [3.8, 4) is 0 Å². The molecule has 2 N–H and O–H groups in total. The highest BCUT2D eigenvalue weighted by molar-refractivity contribution is 7.90. The van der Waals surface area contributed by atoms with Crippen LogP contribution >= 0.6 is 0 Å². The molecule has 0 radical (unpaired) electrons. The van der Waals surface area contributed by atoms with E-state index < -0.39 is 32.0 Å². The van der Waals surface area contributed by atoms with Crippen LogP contribution in [-0.2, 0) is 9.84 Å². The average molecular weight is 258 g/mol. The first-order valence-electron chi connectivity index (χ1n) is 4.88. The average Bonchev–Trinajstić information content (AvgIpc) is 2.97. The molecule has 0 saturated heterocycles. The highest BCUT2D eigenvalue weighted by Gasteiger charge is 2.31. The van der Waals surface area contributed by atoms with Crippen LogP contribution in [0.25, 0.3) is 0 Å². The predicted molar refractivity (Wildman–Crippen MR) is 56.9 cm³/mol. The van der Waals surface area contributed by atoms with Gasteiger partial charge in [-0.1, -0.05) is 0 Å². The number of hydrogen-bond acceptors (Lipinski definition) is 5. The maximum atomic E-state index is 11.5. The molecule has 92 valence electrons. The fraction of sp³-hybridized carbons (Fsp3) is 0.444. The molecule has 0 unspecified atom stereocenters. The molecule has 8 heteroatoms. The van der Waals surface area contributed by atoms with Crippen LogP contribution in [0.3, 0.4) is 0 Å². The Bertz CT molecular complexity index is 642. The molecule has 1 saturated carbocycles. The summed E-state index contributed by atoms with van der Waals surface area (Å²) in [7, 11) is -3.84. The van der Waals surface area contributed by atoms with E-state index >= 15 is 0 Å². The standard InChI is InChI=1S/C9H10N2O5S/c1-17(15,16)8-5(9(13)14)7(12)10-6(11-8)4-2-3-4/h4H,2-3H2,1H3,(H,13,14)(H,10,11,12). The Hall–Kier alpha value is -1.70. The number of aromatic nitrogens is 2. The lowest BCUT2D eigenvalue weighted by molar-refractivity contribution is 0.0689. The number of hydrogen-bond donors (Lipinski definition) is 2. The van der Waals surface area contributed by atoms with E-state index in [-0.39, 0.29) is 11.7 Å². The monoisotopic (exact) mass is 258 g/mol. The lowest BCUT2D eigenvalue weighted by Gasteiger charge is -2.05. The Morgan fingerprint density at radius 3 is 2.47 bits per heavy atom. The fourth-order valence-electron chi connectivity index (χ4n) is 1.48. The molecule has 1 fully saturated rings. The zero-order chi connectivity index (χ0) is 12.8. The third kappa shape index (κ3) is 2.21. The van der Waals surface area contributed by atoms with Crippen molar-refractivity contribution in [3.63, 3.8) is 0 Å². The second-order valence-corrected chi connectivity index (χ2v) is 5.91. The number of H-pyrrole nitrogens is 1. The van der Waals surface area contributed by atoms with E-state index in [1.807, 2.05) is 0 Å². The third-order valence-corrected chi connectivity index (χ3v) is 3.43. The van der Waals surface area contributed by atoms with Crippen molar-refractivity contribution in [1.29, 1.82) is 0 Å². The van der Waals surface area contributed by atoms with E-state index in [9.17, 15) is 18.0 Å². The summed E-state index contributed by atoms with van der Waals surface area (Å²) in [5.74, 6) is -1.31. The molecule has 1 aromatic rings. The largest absolute Gasteiger partial charge is 0.477 e. The normalized spacial score (nSPS) is 15.8. The number of carboxylic acids is 1. The molecule has 7 nitrogen and oxygen atoms in total. The van der Waals surface area contributed by atoms with Crippen molar-refractivity contribution < 1.29 is 18.3 Å². The molecule has 1 aliphatic rings. The predicted octanol–water partition coefficient (Wildman–Crippen LogP) is -0.251. The molecule has 0 aromatic carbocycles. The van der Waals surface area contributed by atoms with Crippen molar-refractivity contribution in [2.75, 3.05) is 6.26 Å². The van der Waals surface area contributed by atoms with Gasteiger partial charge in [-0.05, 0) is 12.8 Å². The summed E-state index contributed by atoms with van der Waals surface area (Å²) in [5.41, 5.74) is -1.74. The van der Waals surface area contributed by atoms with Crippen molar-refractivity contribution in [3.05, 3.63) is 21.7 Å². The topological polar surface area (TPSA) is 117 Å². The second kappa shape index (κ2) is 3.66. The van der Waals surface area contributed by atoms with E-state index in [0.29, 0.717) is 0 Å². The van der Waals surface area contributed by atoms with Gasteiger partial charge in [0, 0.05) is 12.2 Å². The Morgan fingerprint density at radius 1 is 1.47 bits per heavy atom. The van der Waals surface area contributed by atoms with Gasteiger partial charge in [0.1, 0.15) is 5.82 Å². The maximum Gasteiger partial charge on any atom is 0.344 e. The van der Waals surface area contributed by atoms with Gasteiger partial charge in [0.15, 0.2) is 20.4 Å². The van der Waals surface area contributed by atoms with Crippen LogP contribution in [0.5, 0.6) is 0 Å². The Balaban J connectivity index is 2.75. The highest BCUT2D eigenvalue weighted by atomic mass is 32.2. The smallest absolute Gasteiger partial charge is 0.344 e. The Labute approximate surface area is 96.4 Å². The highest BCUT2D eigenvalue weighted by Crippen LogP contribution is 2.37. The second-order valence-electron chi connectivity index (χ2n) is 3.98. The SMILES string of the molecule is CS(=O)(=O)c1nc(C2CC2)[nH]c(=O)c1C(=O)O. The Kier molecular flexibility index (Phi) is 2.53. The van der Waals surface area contributed by atoms with Gasteiger partial charge < -0.3 is 10.1 Å². The summed E-state index contributed by atoms with van der Waals surface area (Å²) >= 11 is 0. The van der Waals surface area contributed by atoms with E-state index in [1.165, 1.54) is 0 Å². The van der Waals surface area contributed by atoms with Crippen molar-refractivity contribution >= 4 is 15.8 Å². The number of nitrogens with one attached hydrogen (secondary N) is 1. The molecule has 2 rings (SSSR count). The number of carbonyl (C=O) groups is 1. The molecule has 1 aromatic heterocycles. The summed E-state index contributed by atoms with van der Waals surface area (Å²) in [6.45, 7) is 0. The van der Waals surface area contributed by atoms with Crippen LogP contribution in [0.1, 0.15) is 34.9 Å². The molecule has 1 aliphatic carbocycles. The minimum absolute atomic E-state index is 0.0334. The van der Waals surface area contributed by atoms with Crippen LogP contribution in [0.2, 0.25) is 0 Å². The van der Waals surface area contributed by atoms with Crippen LogP contribution in [0.4, 0.5) is 0 Å². The first-order chi connectivity index (χ1) is 7.80. The molecule has 1 heterocycles. The molecular weight excluding hydrogens is 248 g/mol. The first kappa shape index (κ1) is 11.8. The van der Waals surface area contributed by atoms with E-state index in [2.05, 4.69) is 9.97 Å². The number of sulfone groups is 1. The molecule has 0 aliphatic heterocycles. The van der Waals surface area contributed by atoms with E-state index in [4.69, 9.17) is 5.11 Å². The molecule has 0 amide bonds. The summed E-state index contributed by atoms with van der Waals surface area (Å²) in [6.07, 6.45) is 2.47. The first-order valence-corrected chi connectivity index (χ1v) is 6.77. The van der Waals surface area contributed by atoms with Crippen molar-refractivity contribution in [1.82, 2.24) is 9.97 Å². The van der Waals surface area contributed by atoms with Crippen molar-refractivity contribution in [2.24, 2.45) is 0 Å².